The highest BCUT2D eigenvalue weighted by Gasteiger charge is 2.20. The fourth-order valence-corrected chi connectivity index (χ4v) is 3.19. The largest absolute Gasteiger partial charge is 0.319 e. The molecule has 0 spiro atoms. The molecule has 0 fully saturated rings. The molecule has 4 heteroatoms. The molecule has 1 unspecified atom stereocenters. The third kappa shape index (κ3) is 2.38. The van der Waals surface area contributed by atoms with Crippen LogP contribution in [0, 0.1) is 0 Å². The second-order valence-electron chi connectivity index (χ2n) is 4.37. The molecule has 0 saturated carbocycles. The lowest BCUT2D eigenvalue weighted by atomic mass is 10.2. The van der Waals surface area contributed by atoms with E-state index in [4.69, 9.17) is 4.98 Å². The minimum Gasteiger partial charge on any atom is -0.319 e. The van der Waals surface area contributed by atoms with Crippen LogP contribution in [0.5, 0.6) is 0 Å². The molecule has 2 heterocycles. The summed E-state index contributed by atoms with van der Waals surface area (Å²) in [6, 6.07) is 0. The SMILES string of the molecule is CNCC(C)c1nc2c(s1)CN(C)CC2. The van der Waals surface area contributed by atoms with E-state index >= 15 is 0 Å². The Hall–Kier alpha value is -0.450. The Morgan fingerprint density at radius 1 is 1.60 bits per heavy atom. The van der Waals surface area contributed by atoms with Crippen molar-refractivity contribution in [3.8, 4) is 0 Å². The van der Waals surface area contributed by atoms with Gasteiger partial charge in [-0.3, -0.25) is 0 Å². The maximum absolute atomic E-state index is 4.76. The van der Waals surface area contributed by atoms with Gasteiger partial charge in [0.25, 0.3) is 0 Å². The molecule has 0 radical (unpaired) electrons. The van der Waals surface area contributed by atoms with E-state index in [1.54, 1.807) is 0 Å². The van der Waals surface area contributed by atoms with Crippen molar-refractivity contribution >= 4 is 11.3 Å². The quantitative estimate of drug-likeness (QED) is 0.844. The Labute approximate surface area is 95.5 Å². The summed E-state index contributed by atoms with van der Waals surface area (Å²) in [6.45, 7) is 5.49. The van der Waals surface area contributed by atoms with Gasteiger partial charge < -0.3 is 10.2 Å². The molecule has 1 atom stereocenters. The van der Waals surface area contributed by atoms with Crippen molar-refractivity contribution in [2.45, 2.75) is 25.8 Å². The molecule has 84 valence electrons. The van der Waals surface area contributed by atoms with Gasteiger partial charge in [-0.25, -0.2) is 4.98 Å². The van der Waals surface area contributed by atoms with Gasteiger partial charge in [0, 0.05) is 36.9 Å². The first-order chi connectivity index (χ1) is 7.20. The van der Waals surface area contributed by atoms with Crippen LogP contribution in [0.3, 0.4) is 0 Å². The lowest BCUT2D eigenvalue weighted by molar-refractivity contribution is 0.314. The summed E-state index contributed by atoms with van der Waals surface area (Å²) in [7, 11) is 4.18. The Bertz CT molecular complexity index is 335. The molecule has 15 heavy (non-hydrogen) atoms. The summed E-state index contributed by atoms with van der Waals surface area (Å²) in [5, 5.41) is 4.51. The van der Waals surface area contributed by atoms with Crippen LogP contribution >= 0.6 is 11.3 Å². The summed E-state index contributed by atoms with van der Waals surface area (Å²) < 4.78 is 0. The fraction of sp³-hybridized carbons (Fsp3) is 0.727. The molecule has 3 nitrogen and oxygen atoms in total. The normalized spacial score (nSPS) is 18.9. The predicted octanol–water partition coefficient (Wildman–Crippen LogP) is 1.45. The molecule has 1 aliphatic rings. The first-order valence-corrected chi connectivity index (χ1v) is 6.34. The van der Waals surface area contributed by atoms with Crippen LogP contribution in [0.2, 0.25) is 0 Å². The van der Waals surface area contributed by atoms with Gasteiger partial charge in [-0.1, -0.05) is 6.92 Å². The lowest BCUT2D eigenvalue weighted by Gasteiger charge is -2.20. The van der Waals surface area contributed by atoms with Crippen molar-refractivity contribution < 1.29 is 0 Å². The van der Waals surface area contributed by atoms with E-state index in [-0.39, 0.29) is 0 Å². The van der Waals surface area contributed by atoms with Gasteiger partial charge in [-0.15, -0.1) is 11.3 Å². The van der Waals surface area contributed by atoms with Gasteiger partial charge in [0.2, 0.25) is 0 Å². The molecular weight excluding hydrogens is 206 g/mol. The molecule has 1 aromatic rings. The number of nitrogens with zero attached hydrogens (tertiary/aromatic N) is 2. The number of rotatable bonds is 3. The van der Waals surface area contributed by atoms with Crippen LogP contribution in [0.25, 0.3) is 0 Å². The third-order valence-electron chi connectivity index (χ3n) is 2.87. The summed E-state index contributed by atoms with van der Waals surface area (Å²) in [6.07, 6.45) is 1.12. The number of thiazole rings is 1. The Morgan fingerprint density at radius 2 is 2.40 bits per heavy atom. The van der Waals surface area contributed by atoms with E-state index in [0.717, 1.165) is 26.1 Å². The minimum absolute atomic E-state index is 0.538. The van der Waals surface area contributed by atoms with E-state index in [1.165, 1.54) is 15.6 Å². The van der Waals surface area contributed by atoms with Gasteiger partial charge >= 0.3 is 0 Å². The van der Waals surface area contributed by atoms with Crippen molar-refractivity contribution in [1.29, 1.82) is 0 Å². The first kappa shape index (κ1) is 11.0. The van der Waals surface area contributed by atoms with Gasteiger partial charge in [-0.05, 0) is 14.1 Å². The number of nitrogens with one attached hydrogen (secondary N) is 1. The minimum atomic E-state index is 0.538. The highest BCUT2D eigenvalue weighted by atomic mass is 32.1. The maximum Gasteiger partial charge on any atom is 0.0972 e. The van der Waals surface area contributed by atoms with E-state index < -0.39 is 0 Å². The van der Waals surface area contributed by atoms with Gasteiger partial charge in [-0.2, -0.15) is 0 Å². The highest BCUT2D eigenvalue weighted by molar-refractivity contribution is 7.11. The summed E-state index contributed by atoms with van der Waals surface area (Å²) >= 11 is 1.89. The van der Waals surface area contributed by atoms with E-state index in [2.05, 4.69) is 24.2 Å². The maximum atomic E-state index is 4.76. The number of fused-ring (bicyclic) bond motifs is 1. The zero-order valence-corrected chi connectivity index (χ0v) is 10.5. The molecule has 0 amide bonds. The second-order valence-corrected chi connectivity index (χ2v) is 5.48. The summed E-state index contributed by atoms with van der Waals surface area (Å²) in [4.78, 5) is 8.60. The molecule has 0 aromatic carbocycles. The highest BCUT2D eigenvalue weighted by Crippen LogP contribution is 2.28. The van der Waals surface area contributed by atoms with Crippen LogP contribution in [-0.4, -0.2) is 37.1 Å². The van der Waals surface area contributed by atoms with Crippen LogP contribution in [0.1, 0.15) is 28.4 Å². The lowest BCUT2D eigenvalue weighted by Crippen LogP contribution is -2.25. The molecule has 0 saturated heterocycles. The van der Waals surface area contributed by atoms with Crippen molar-refractivity contribution in [3.63, 3.8) is 0 Å². The standard InChI is InChI=1S/C11H19N3S/c1-8(6-12-2)11-13-9-4-5-14(3)7-10(9)15-11/h8,12H,4-7H2,1-3H3. The van der Waals surface area contributed by atoms with Crippen LogP contribution in [0.4, 0.5) is 0 Å². The molecule has 1 aromatic heterocycles. The summed E-state index contributed by atoms with van der Waals surface area (Å²) in [5.41, 5.74) is 1.34. The summed E-state index contributed by atoms with van der Waals surface area (Å²) in [5.74, 6) is 0.538. The van der Waals surface area contributed by atoms with Gasteiger partial charge in [0.1, 0.15) is 0 Å². The zero-order chi connectivity index (χ0) is 10.8. The van der Waals surface area contributed by atoms with E-state index in [1.807, 2.05) is 18.4 Å². The van der Waals surface area contributed by atoms with Crippen molar-refractivity contribution in [2.75, 3.05) is 27.2 Å². The topological polar surface area (TPSA) is 28.2 Å². The fourth-order valence-electron chi connectivity index (χ4n) is 1.95. The van der Waals surface area contributed by atoms with Crippen molar-refractivity contribution in [3.05, 3.63) is 15.6 Å². The average molecular weight is 225 g/mol. The average Bonchev–Trinajstić information content (AvgIpc) is 2.60. The first-order valence-electron chi connectivity index (χ1n) is 5.52. The van der Waals surface area contributed by atoms with Crippen LogP contribution in [-0.2, 0) is 13.0 Å². The third-order valence-corrected chi connectivity index (χ3v) is 4.18. The van der Waals surface area contributed by atoms with Crippen molar-refractivity contribution in [1.82, 2.24) is 15.2 Å². The second kappa shape index (κ2) is 4.60. The number of hydrogen-bond acceptors (Lipinski definition) is 4. The Balaban J connectivity index is 2.15. The van der Waals surface area contributed by atoms with Gasteiger partial charge in [0.15, 0.2) is 0 Å². The number of likely N-dealkylation sites (N-methyl/N-ethyl adjacent to an activating group) is 2. The van der Waals surface area contributed by atoms with Crippen LogP contribution in [0.15, 0.2) is 0 Å². The smallest absolute Gasteiger partial charge is 0.0972 e. The van der Waals surface area contributed by atoms with Crippen molar-refractivity contribution in [2.24, 2.45) is 0 Å². The molecular formula is C11H19N3S. The molecule has 2 rings (SSSR count). The van der Waals surface area contributed by atoms with E-state index in [9.17, 15) is 0 Å². The molecule has 0 bridgehead atoms. The predicted molar refractivity (Wildman–Crippen MR) is 64.5 cm³/mol. The Kier molecular flexibility index (Phi) is 3.38. The van der Waals surface area contributed by atoms with Crippen LogP contribution < -0.4 is 5.32 Å². The van der Waals surface area contributed by atoms with Gasteiger partial charge in [0.05, 0.1) is 10.7 Å². The van der Waals surface area contributed by atoms with E-state index in [0.29, 0.717) is 5.92 Å². The number of hydrogen-bond donors (Lipinski definition) is 1. The number of aromatic nitrogens is 1. The zero-order valence-electron chi connectivity index (χ0n) is 9.71. The monoisotopic (exact) mass is 225 g/mol. The molecule has 0 aliphatic carbocycles. The molecule has 1 N–H and O–H groups in total. The molecule has 1 aliphatic heterocycles. The Morgan fingerprint density at radius 3 is 3.13 bits per heavy atom.